The number of esters is 2. The van der Waals surface area contributed by atoms with Crippen molar-refractivity contribution in [3.63, 3.8) is 0 Å². The van der Waals surface area contributed by atoms with Gasteiger partial charge in [0.1, 0.15) is 5.69 Å². The van der Waals surface area contributed by atoms with Crippen molar-refractivity contribution in [1.82, 2.24) is 9.35 Å². The molecular formula is C24H21ClN2O4. The molecule has 6 nitrogen and oxygen atoms in total. The molecule has 4 rings (SSSR count). The van der Waals surface area contributed by atoms with Crippen molar-refractivity contribution >= 4 is 34.4 Å². The molecule has 0 saturated carbocycles. The molecule has 0 spiro atoms. The van der Waals surface area contributed by atoms with Crippen LogP contribution in [-0.4, -0.2) is 35.0 Å². The van der Waals surface area contributed by atoms with Crippen LogP contribution in [-0.2, 0) is 9.47 Å². The third-order valence-corrected chi connectivity index (χ3v) is 5.35. The lowest BCUT2D eigenvalue weighted by Gasteiger charge is -2.18. The molecule has 0 aliphatic carbocycles. The molecule has 0 aliphatic rings. The monoisotopic (exact) mass is 436 g/mol. The summed E-state index contributed by atoms with van der Waals surface area (Å²) in [4.78, 5) is 25.4. The molecule has 0 saturated heterocycles. The predicted octanol–water partition coefficient (Wildman–Crippen LogP) is 5.35. The van der Waals surface area contributed by atoms with Crippen molar-refractivity contribution in [1.29, 1.82) is 0 Å². The van der Waals surface area contributed by atoms with Crippen LogP contribution in [0, 0.1) is 6.92 Å². The van der Waals surface area contributed by atoms with Gasteiger partial charge in [-0.05, 0) is 38.1 Å². The van der Waals surface area contributed by atoms with E-state index < -0.39 is 11.9 Å². The molecule has 0 unspecified atom stereocenters. The van der Waals surface area contributed by atoms with Crippen LogP contribution >= 0.6 is 11.6 Å². The first-order valence-corrected chi connectivity index (χ1v) is 10.2. The van der Waals surface area contributed by atoms with Gasteiger partial charge in [-0.3, -0.25) is 4.68 Å². The van der Waals surface area contributed by atoms with E-state index in [9.17, 15) is 9.59 Å². The standard InChI is InChI=1S/C24H21ClN2O4/c1-4-31-24(29)22-12-17-10-11-18(25)13-20(17)27(22)26-15(2)19(23(28)30-3)14-21(26)16-8-6-5-7-9-16/h5-14H,4H2,1-3H3. The lowest BCUT2D eigenvalue weighted by molar-refractivity contribution is 0.0512. The summed E-state index contributed by atoms with van der Waals surface area (Å²) in [5.74, 6) is -0.929. The molecule has 2 heterocycles. The fourth-order valence-electron chi connectivity index (χ4n) is 3.71. The number of carbonyl (C=O) groups is 2. The summed E-state index contributed by atoms with van der Waals surface area (Å²) in [5.41, 5.74) is 3.66. The Morgan fingerprint density at radius 3 is 2.39 bits per heavy atom. The van der Waals surface area contributed by atoms with E-state index in [0.29, 0.717) is 27.5 Å². The smallest absolute Gasteiger partial charge is 0.356 e. The van der Waals surface area contributed by atoms with Gasteiger partial charge in [0.25, 0.3) is 0 Å². The van der Waals surface area contributed by atoms with E-state index in [1.165, 1.54) is 7.11 Å². The van der Waals surface area contributed by atoms with Crippen molar-refractivity contribution in [2.75, 3.05) is 13.7 Å². The van der Waals surface area contributed by atoms with Gasteiger partial charge in [0, 0.05) is 16.0 Å². The zero-order valence-corrected chi connectivity index (χ0v) is 18.1. The minimum Gasteiger partial charge on any atom is -0.465 e. The summed E-state index contributed by atoms with van der Waals surface area (Å²) in [6.45, 7) is 3.81. The Labute approximate surface area is 184 Å². The predicted molar refractivity (Wildman–Crippen MR) is 120 cm³/mol. The average molecular weight is 437 g/mol. The quantitative estimate of drug-likeness (QED) is 0.396. The summed E-state index contributed by atoms with van der Waals surface area (Å²) in [6, 6.07) is 18.5. The molecule has 0 bridgehead atoms. The van der Waals surface area contributed by atoms with E-state index in [2.05, 4.69) is 0 Å². The summed E-state index contributed by atoms with van der Waals surface area (Å²) in [7, 11) is 1.34. The highest BCUT2D eigenvalue weighted by atomic mass is 35.5. The minimum atomic E-state index is -0.471. The van der Waals surface area contributed by atoms with Gasteiger partial charge in [0.15, 0.2) is 0 Å². The van der Waals surface area contributed by atoms with Crippen molar-refractivity contribution < 1.29 is 19.1 Å². The molecule has 4 aromatic rings. The highest BCUT2D eigenvalue weighted by Gasteiger charge is 2.25. The van der Waals surface area contributed by atoms with Crippen LogP contribution in [0.4, 0.5) is 0 Å². The molecule has 0 N–H and O–H groups in total. The largest absolute Gasteiger partial charge is 0.465 e. The molecule has 2 aromatic heterocycles. The van der Waals surface area contributed by atoms with Gasteiger partial charge in [-0.2, -0.15) is 0 Å². The molecule has 7 heteroatoms. The van der Waals surface area contributed by atoms with Gasteiger partial charge >= 0.3 is 11.9 Å². The molecule has 0 fully saturated rings. The first kappa shape index (κ1) is 20.8. The number of hydrogen-bond donors (Lipinski definition) is 0. The number of fused-ring (bicyclic) bond motifs is 1. The maximum absolute atomic E-state index is 12.9. The summed E-state index contributed by atoms with van der Waals surface area (Å²) in [5, 5.41) is 1.35. The Kier molecular flexibility index (Phi) is 5.57. The molecule has 158 valence electrons. The maximum atomic E-state index is 12.9. The van der Waals surface area contributed by atoms with E-state index in [0.717, 1.165) is 16.6 Å². The number of methoxy groups -OCH3 is 1. The highest BCUT2D eigenvalue weighted by Crippen LogP contribution is 2.31. The lowest BCUT2D eigenvalue weighted by Crippen LogP contribution is -2.20. The molecule has 31 heavy (non-hydrogen) atoms. The SMILES string of the molecule is CCOC(=O)c1cc2ccc(Cl)cc2n1-n1c(-c2ccccc2)cc(C(=O)OC)c1C. The van der Waals surface area contributed by atoms with Crippen LogP contribution in [0.1, 0.15) is 33.5 Å². The Bertz CT molecular complexity index is 1290. The van der Waals surface area contributed by atoms with Crippen LogP contribution in [0.3, 0.4) is 0 Å². The molecule has 0 atom stereocenters. The second-order valence-corrected chi connectivity index (χ2v) is 7.40. The molecule has 0 radical (unpaired) electrons. The fraction of sp³-hybridized carbons (Fsp3) is 0.167. The van der Waals surface area contributed by atoms with Crippen molar-refractivity contribution in [3.05, 3.63) is 82.6 Å². The fourth-order valence-corrected chi connectivity index (χ4v) is 3.88. The van der Waals surface area contributed by atoms with Gasteiger partial charge < -0.3 is 9.47 Å². The first-order chi connectivity index (χ1) is 15.0. The zero-order valence-electron chi connectivity index (χ0n) is 17.4. The second-order valence-electron chi connectivity index (χ2n) is 6.96. The van der Waals surface area contributed by atoms with Gasteiger partial charge in [-0.15, -0.1) is 0 Å². The normalized spacial score (nSPS) is 11.0. The third kappa shape index (κ3) is 3.59. The lowest BCUT2D eigenvalue weighted by atomic mass is 10.1. The number of aromatic nitrogens is 2. The summed E-state index contributed by atoms with van der Waals surface area (Å²) in [6.07, 6.45) is 0. The van der Waals surface area contributed by atoms with Crippen LogP contribution in [0.5, 0.6) is 0 Å². The van der Waals surface area contributed by atoms with Gasteiger partial charge in [0.05, 0.1) is 36.2 Å². The Balaban J connectivity index is 2.11. The molecule has 2 aromatic carbocycles. The average Bonchev–Trinajstić information content (AvgIpc) is 3.31. The number of benzene rings is 2. The van der Waals surface area contributed by atoms with E-state index in [4.69, 9.17) is 21.1 Å². The van der Waals surface area contributed by atoms with Crippen molar-refractivity contribution in [2.45, 2.75) is 13.8 Å². The number of ether oxygens (including phenoxy) is 2. The van der Waals surface area contributed by atoms with Gasteiger partial charge in [0.2, 0.25) is 0 Å². The second kappa shape index (κ2) is 8.32. The molecule has 0 aliphatic heterocycles. The first-order valence-electron chi connectivity index (χ1n) is 9.81. The summed E-state index contributed by atoms with van der Waals surface area (Å²) < 4.78 is 13.9. The van der Waals surface area contributed by atoms with E-state index in [1.54, 1.807) is 35.9 Å². The highest BCUT2D eigenvalue weighted by molar-refractivity contribution is 6.31. The minimum absolute atomic E-state index is 0.241. The summed E-state index contributed by atoms with van der Waals surface area (Å²) >= 11 is 6.29. The van der Waals surface area contributed by atoms with E-state index in [-0.39, 0.29) is 6.61 Å². The molecular weight excluding hydrogens is 416 g/mol. The third-order valence-electron chi connectivity index (χ3n) is 5.12. The van der Waals surface area contributed by atoms with Crippen LogP contribution in [0.25, 0.3) is 22.2 Å². The van der Waals surface area contributed by atoms with Crippen LogP contribution in [0.15, 0.2) is 60.7 Å². The molecule has 0 amide bonds. The van der Waals surface area contributed by atoms with Crippen LogP contribution < -0.4 is 0 Å². The van der Waals surface area contributed by atoms with Crippen molar-refractivity contribution in [3.8, 4) is 11.3 Å². The maximum Gasteiger partial charge on any atom is 0.356 e. The topological polar surface area (TPSA) is 62.5 Å². The number of halogens is 1. The van der Waals surface area contributed by atoms with E-state index in [1.807, 2.05) is 48.0 Å². The van der Waals surface area contributed by atoms with E-state index >= 15 is 0 Å². The van der Waals surface area contributed by atoms with Gasteiger partial charge in [-0.1, -0.05) is 48.0 Å². The Hall–Kier alpha value is -3.51. The Morgan fingerprint density at radius 2 is 1.71 bits per heavy atom. The number of hydrogen-bond acceptors (Lipinski definition) is 4. The van der Waals surface area contributed by atoms with Gasteiger partial charge in [-0.25, -0.2) is 14.3 Å². The Morgan fingerprint density at radius 1 is 0.968 bits per heavy atom. The number of nitrogens with zero attached hydrogens (tertiary/aromatic N) is 2. The van der Waals surface area contributed by atoms with Crippen molar-refractivity contribution in [2.24, 2.45) is 0 Å². The van der Waals surface area contributed by atoms with Crippen LogP contribution in [0.2, 0.25) is 5.02 Å². The number of rotatable bonds is 5. The zero-order chi connectivity index (χ0) is 22.1. The number of carbonyl (C=O) groups excluding carboxylic acids is 2.